The molecule has 32 heavy (non-hydrogen) atoms. The van der Waals surface area contributed by atoms with Gasteiger partial charge in [0, 0.05) is 41.6 Å². The highest BCUT2D eigenvalue weighted by Crippen LogP contribution is 2.25. The Hall–Kier alpha value is -3.51. The number of ketones is 1. The van der Waals surface area contributed by atoms with Gasteiger partial charge in [-0.1, -0.05) is 12.1 Å². The van der Waals surface area contributed by atoms with Crippen molar-refractivity contribution in [1.29, 1.82) is 0 Å². The van der Waals surface area contributed by atoms with Crippen LogP contribution in [0.25, 0.3) is 21.9 Å². The van der Waals surface area contributed by atoms with Crippen LogP contribution in [-0.2, 0) is 13.5 Å². The van der Waals surface area contributed by atoms with Gasteiger partial charge in [-0.2, -0.15) is 5.10 Å². The highest BCUT2D eigenvalue weighted by molar-refractivity contribution is 5.98. The SMILES string of the molecule is Cn1cc(-c2ccc3cnc(CC(=O)c4ccc(OC5CCNCC5)cc4)cc3c2)cn1. The van der Waals surface area contributed by atoms with Gasteiger partial charge in [0.05, 0.1) is 12.6 Å². The highest BCUT2D eigenvalue weighted by atomic mass is 16.5. The molecule has 6 nitrogen and oxygen atoms in total. The van der Waals surface area contributed by atoms with Crippen molar-refractivity contribution in [3.8, 4) is 16.9 Å². The summed E-state index contributed by atoms with van der Waals surface area (Å²) in [6.07, 6.45) is 8.21. The number of pyridine rings is 1. The maximum atomic E-state index is 12.8. The van der Waals surface area contributed by atoms with Crippen LogP contribution in [0.1, 0.15) is 28.9 Å². The van der Waals surface area contributed by atoms with Crippen molar-refractivity contribution in [3.05, 3.63) is 78.4 Å². The monoisotopic (exact) mass is 426 g/mol. The Bertz CT molecular complexity index is 1240. The molecule has 4 aromatic rings. The van der Waals surface area contributed by atoms with Crippen LogP contribution in [0.2, 0.25) is 0 Å². The Morgan fingerprint density at radius 3 is 2.59 bits per heavy atom. The second-order valence-electron chi connectivity index (χ2n) is 8.33. The van der Waals surface area contributed by atoms with E-state index in [4.69, 9.17) is 4.74 Å². The summed E-state index contributed by atoms with van der Waals surface area (Å²) in [5, 5.41) is 9.70. The fourth-order valence-electron chi connectivity index (χ4n) is 4.12. The van der Waals surface area contributed by atoms with Crippen molar-refractivity contribution < 1.29 is 9.53 Å². The largest absolute Gasteiger partial charge is 0.490 e. The molecule has 0 aliphatic carbocycles. The van der Waals surface area contributed by atoms with Gasteiger partial charge in [-0.3, -0.25) is 14.5 Å². The predicted octanol–water partition coefficient (Wildman–Crippen LogP) is 4.19. The number of rotatable bonds is 6. The lowest BCUT2D eigenvalue weighted by Crippen LogP contribution is -2.34. The van der Waals surface area contributed by atoms with Gasteiger partial charge in [-0.25, -0.2) is 0 Å². The van der Waals surface area contributed by atoms with Crippen molar-refractivity contribution in [3.63, 3.8) is 0 Å². The summed E-state index contributed by atoms with van der Waals surface area (Å²) in [5.41, 5.74) is 3.60. The summed E-state index contributed by atoms with van der Waals surface area (Å²) >= 11 is 0. The normalized spacial score (nSPS) is 14.5. The molecule has 1 fully saturated rings. The van der Waals surface area contributed by atoms with E-state index in [1.165, 1.54) is 0 Å². The molecule has 0 bridgehead atoms. The van der Waals surface area contributed by atoms with Crippen LogP contribution in [0.5, 0.6) is 5.75 Å². The number of carbonyl (C=O) groups is 1. The smallest absolute Gasteiger partial charge is 0.168 e. The molecule has 6 heteroatoms. The Balaban J connectivity index is 1.29. The number of hydrogen-bond acceptors (Lipinski definition) is 5. The second-order valence-corrected chi connectivity index (χ2v) is 8.33. The molecule has 0 radical (unpaired) electrons. The van der Waals surface area contributed by atoms with E-state index < -0.39 is 0 Å². The Kier molecular flexibility index (Phi) is 5.69. The van der Waals surface area contributed by atoms with Gasteiger partial charge in [0.25, 0.3) is 0 Å². The third kappa shape index (κ3) is 4.55. The van der Waals surface area contributed by atoms with Crippen LogP contribution in [0, 0.1) is 0 Å². The first-order chi connectivity index (χ1) is 15.6. The average molecular weight is 427 g/mol. The number of Topliss-reactive ketones (excluding diaryl/α,β-unsaturated/α-hetero) is 1. The molecule has 0 amide bonds. The summed E-state index contributed by atoms with van der Waals surface area (Å²) in [5.74, 6) is 0.869. The first-order valence-corrected chi connectivity index (χ1v) is 11.0. The summed E-state index contributed by atoms with van der Waals surface area (Å²) in [6.45, 7) is 1.98. The Labute approximate surface area is 187 Å². The van der Waals surface area contributed by atoms with Crippen molar-refractivity contribution in [1.82, 2.24) is 20.1 Å². The van der Waals surface area contributed by atoms with Crippen LogP contribution < -0.4 is 10.1 Å². The van der Waals surface area contributed by atoms with Gasteiger partial charge in [-0.15, -0.1) is 0 Å². The molecule has 2 aromatic heterocycles. The first-order valence-electron chi connectivity index (χ1n) is 11.0. The molecule has 2 aromatic carbocycles. The van der Waals surface area contributed by atoms with E-state index in [9.17, 15) is 4.79 Å². The molecular weight excluding hydrogens is 400 g/mol. The van der Waals surface area contributed by atoms with Crippen molar-refractivity contribution >= 4 is 16.6 Å². The molecule has 1 aliphatic heterocycles. The number of benzene rings is 2. The van der Waals surface area contributed by atoms with Gasteiger partial charge >= 0.3 is 0 Å². The first kappa shape index (κ1) is 20.4. The van der Waals surface area contributed by atoms with Crippen LogP contribution in [0.15, 0.2) is 67.1 Å². The lowest BCUT2D eigenvalue weighted by Gasteiger charge is -2.23. The maximum Gasteiger partial charge on any atom is 0.168 e. The quantitative estimate of drug-likeness (QED) is 0.468. The van der Waals surface area contributed by atoms with Gasteiger partial charge in [0.1, 0.15) is 11.9 Å². The minimum atomic E-state index is 0.0497. The van der Waals surface area contributed by atoms with Gasteiger partial charge in [-0.05, 0) is 73.3 Å². The number of aromatic nitrogens is 3. The van der Waals surface area contributed by atoms with E-state index in [1.54, 1.807) is 4.68 Å². The van der Waals surface area contributed by atoms with Crippen LogP contribution in [0.4, 0.5) is 0 Å². The molecule has 3 heterocycles. The average Bonchev–Trinajstić information content (AvgIpc) is 3.26. The van der Waals surface area contributed by atoms with E-state index in [-0.39, 0.29) is 18.3 Å². The number of fused-ring (bicyclic) bond motifs is 1. The van der Waals surface area contributed by atoms with E-state index in [0.29, 0.717) is 5.56 Å². The summed E-state index contributed by atoms with van der Waals surface area (Å²) in [4.78, 5) is 17.3. The number of piperidine rings is 1. The third-order valence-electron chi connectivity index (χ3n) is 5.92. The number of nitrogens with zero attached hydrogens (tertiary/aromatic N) is 3. The minimum Gasteiger partial charge on any atom is -0.490 e. The molecular formula is C26H26N4O2. The topological polar surface area (TPSA) is 69.0 Å². The van der Waals surface area contributed by atoms with Gasteiger partial charge in [0.15, 0.2) is 5.78 Å². The molecule has 162 valence electrons. The summed E-state index contributed by atoms with van der Waals surface area (Å²) in [7, 11) is 1.91. The van der Waals surface area contributed by atoms with Crippen molar-refractivity contribution in [2.24, 2.45) is 7.05 Å². The maximum absolute atomic E-state index is 12.8. The number of hydrogen-bond donors (Lipinski definition) is 1. The second kappa shape index (κ2) is 8.93. The summed E-state index contributed by atoms with van der Waals surface area (Å²) in [6, 6.07) is 15.7. The highest BCUT2D eigenvalue weighted by Gasteiger charge is 2.15. The minimum absolute atomic E-state index is 0.0497. The molecule has 0 saturated carbocycles. The van der Waals surface area contributed by atoms with Gasteiger partial charge in [0.2, 0.25) is 0 Å². The zero-order chi connectivity index (χ0) is 21.9. The fraction of sp³-hybridized carbons (Fsp3) is 0.269. The van der Waals surface area contributed by atoms with E-state index >= 15 is 0 Å². The van der Waals surface area contributed by atoms with Crippen LogP contribution in [0.3, 0.4) is 0 Å². The third-order valence-corrected chi connectivity index (χ3v) is 5.92. The van der Waals surface area contributed by atoms with Crippen LogP contribution in [-0.4, -0.2) is 39.7 Å². The summed E-state index contributed by atoms with van der Waals surface area (Å²) < 4.78 is 7.83. The van der Waals surface area contributed by atoms with Crippen LogP contribution >= 0.6 is 0 Å². The Morgan fingerprint density at radius 2 is 1.84 bits per heavy atom. The predicted molar refractivity (Wildman–Crippen MR) is 125 cm³/mol. The van der Waals surface area contributed by atoms with E-state index in [0.717, 1.165) is 59.3 Å². The zero-order valence-corrected chi connectivity index (χ0v) is 18.1. The van der Waals surface area contributed by atoms with Gasteiger partial charge < -0.3 is 10.1 Å². The lowest BCUT2D eigenvalue weighted by molar-refractivity contribution is 0.0992. The lowest BCUT2D eigenvalue weighted by atomic mass is 10.0. The molecule has 1 saturated heterocycles. The number of nitrogens with one attached hydrogen (secondary N) is 1. The molecule has 0 spiro atoms. The molecule has 5 rings (SSSR count). The number of carbonyl (C=O) groups excluding carboxylic acids is 1. The zero-order valence-electron chi connectivity index (χ0n) is 18.1. The van der Waals surface area contributed by atoms with Crippen molar-refractivity contribution in [2.75, 3.05) is 13.1 Å². The molecule has 1 N–H and O–H groups in total. The molecule has 1 aliphatic rings. The van der Waals surface area contributed by atoms with E-state index in [1.807, 2.05) is 56.0 Å². The standard InChI is InChI=1S/C26H26N4O2/c1-30-17-22(16-29-30)19-2-3-20-15-28-23(13-21(20)12-19)14-26(31)18-4-6-24(7-5-18)32-25-8-10-27-11-9-25/h2-7,12-13,15-17,25,27H,8-11,14H2,1H3. The van der Waals surface area contributed by atoms with E-state index in [2.05, 4.69) is 33.6 Å². The fourth-order valence-corrected chi connectivity index (χ4v) is 4.12. The Morgan fingerprint density at radius 1 is 1.03 bits per heavy atom. The number of ether oxygens (including phenoxy) is 1. The molecule has 0 unspecified atom stereocenters. The van der Waals surface area contributed by atoms with Crippen molar-refractivity contribution in [2.45, 2.75) is 25.4 Å². The number of aryl methyl sites for hydroxylation is 1. The molecule has 0 atom stereocenters.